The highest BCUT2D eigenvalue weighted by atomic mass is 35.5. The van der Waals surface area contributed by atoms with Crippen molar-refractivity contribution in [2.75, 3.05) is 19.7 Å². The number of halogens is 4. The topological polar surface area (TPSA) is 75.5 Å². The number of rotatable bonds is 5. The standard InChI is InChI=1S/C20H21ClF3N5O2/c1-2-7-31-14-3-5-28(6-4-14)19(30)16-17(21)29-11-12(13-9-25-26-10-13)8-15(18(29)27-16)20(22,23)24/h8-11,14H,2-7H2,1H3,(H,25,26). The Morgan fingerprint density at radius 1 is 1.32 bits per heavy atom. The lowest BCUT2D eigenvalue weighted by molar-refractivity contribution is -0.136. The first kappa shape index (κ1) is 21.6. The molecule has 1 saturated heterocycles. The summed E-state index contributed by atoms with van der Waals surface area (Å²) in [6.07, 6.45) is 1.95. The minimum absolute atomic E-state index is 0.0786. The first-order chi connectivity index (χ1) is 14.8. The van der Waals surface area contributed by atoms with Crippen molar-refractivity contribution >= 4 is 23.2 Å². The number of carbonyl (C=O) groups is 1. The second kappa shape index (κ2) is 8.51. The van der Waals surface area contributed by atoms with E-state index in [0.29, 0.717) is 38.1 Å². The molecule has 0 bridgehead atoms. The molecule has 0 spiro atoms. The van der Waals surface area contributed by atoms with E-state index < -0.39 is 23.3 Å². The number of nitrogens with one attached hydrogen (secondary N) is 1. The number of aromatic nitrogens is 4. The van der Waals surface area contributed by atoms with Crippen LogP contribution in [0.3, 0.4) is 0 Å². The lowest BCUT2D eigenvalue weighted by Gasteiger charge is -2.31. The molecule has 3 aromatic rings. The molecule has 0 radical (unpaired) electrons. The van der Waals surface area contributed by atoms with Gasteiger partial charge in [0.25, 0.3) is 5.91 Å². The second-order valence-corrected chi connectivity index (χ2v) is 7.79. The molecule has 0 aliphatic carbocycles. The van der Waals surface area contributed by atoms with Gasteiger partial charge in [0.05, 0.1) is 17.9 Å². The number of fused-ring (bicyclic) bond motifs is 1. The third-order valence-electron chi connectivity index (χ3n) is 5.29. The highest BCUT2D eigenvalue weighted by molar-refractivity contribution is 6.33. The Bertz CT molecular complexity index is 1070. The van der Waals surface area contributed by atoms with Gasteiger partial charge in [-0.1, -0.05) is 18.5 Å². The van der Waals surface area contributed by atoms with Crippen LogP contribution < -0.4 is 0 Å². The van der Waals surface area contributed by atoms with Gasteiger partial charge in [0.2, 0.25) is 0 Å². The van der Waals surface area contributed by atoms with Crippen LogP contribution >= 0.6 is 11.6 Å². The van der Waals surface area contributed by atoms with E-state index in [9.17, 15) is 18.0 Å². The predicted octanol–water partition coefficient (Wildman–Crippen LogP) is 4.43. The van der Waals surface area contributed by atoms with Crippen LogP contribution in [-0.4, -0.2) is 56.2 Å². The third kappa shape index (κ3) is 4.27. The lowest BCUT2D eigenvalue weighted by atomic mass is 10.1. The number of piperidine rings is 1. The summed E-state index contributed by atoms with van der Waals surface area (Å²) in [5.41, 5.74) is -0.863. The molecule has 0 atom stereocenters. The minimum atomic E-state index is -4.68. The van der Waals surface area contributed by atoms with Gasteiger partial charge in [-0.25, -0.2) is 4.98 Å². The van der Waals surface area contributed by atoms with Crippen molar-refractivity contribution in [3.8, 4) is 11.1 Å². The summed E-state index contributed by atoms with van der Waals surface area (Å²) < 4.78 is 48.1. The van der Waals surface area contributed by atoms with Crippen LogP contribution in [0, 0.1) is 0 Å². The van der Waals surface area contributed by atoms with E-state index in [1.165, 1.54) is 18.6 Å². The summed E-state index contributed by atoms with van der Waals surface area (Å²) in [6, 6.07) is 0.980. The van der Waals surface area contributed by atoms with Gasteiger partial charge < -0.3 is 9.64 Å². The van der Waals surface area contributed by atoms with Gasteiger partial charge in [-0.05, 0) is 25.3 Å². The van der Waals surface area contributed by atoms with Crippen molar-refractivity contribution in [2.45, 2.75) is 38.5 Å². The van der Waals surface area contributed by atoms with E-state index in [2.05, 4.69) is 15.2 Å². The number of nitrogens with zero attached hydrogens (tertiary/aromatic N) is 4. The number of alkyl halides is 3. The number of hydrogen-bond acceptors (Lipinski definition) is 4. The molecule has 3 aromatic heterocycles. The molecular formula is C20H21ClF3N5O2. The summed E-state index contributed by atoms with van der Waals surface area (Å²) in [5.74, 6) is -0.486. The number of hydrogen-bond donors (Lipinski definition) is 1. The molecule has 0 unspecified atom stereocenters. The Morgan fingerprint density at radius 3 is 2.68 bits per heavy atom. The zero-order valence-corrected chi connectivity index (χ0v) is 17.5. The number of ether oxygens (including phenoxy) is 1. The fourth-order valence-electron chi connectivity index (χ4n) is 3.69. The normalized spacial score (nSPS) is 15.7. The monoisotopic (exact) mass is 455 g/mol. The number of pyridine rings is 1. The van der Waals surface area contributed by atoms with Crippen LogP contribution in [0.2, 0.25) is 5.15 Å². The molecule has 1 amide bonds. The largest absolute Gasteiger partial charge is 0.420 e. The first-order valence-electron chi connectivity index (χ1n) is 9.98. The fourth-order valence-corrected chi connectivity index (χ4v) is 3.94. The second-order valence-electron chi connectivity index (χ2n) is 7.43. The van der Waals surface area contributed by atoms with Crippen LogP contribution in [0.5, 0.6) is 0 Å². The quantitative estimate of drug-likeness (QED) is 0.617. The molecule has 166 valence electrons. The van der Waals surface area contributed by atoms with Crippen LogP contribution in [0.4, 0.5) is 13.2 Å². The molecule has 31 heavy (non-hydrogen) atoms. The van der Waals surface area contributed by atoms with E-state index in [0.717, 1.165) is 16.9 Å². The fraction of sp³-hybridized carbons (Fsp3) is 0.450. The maximum absolute atomic E-state index is 13.8. The zero-order chi connectivity index (χ0) is 22.2. The third-order valence-corrected chi connectivity index (χ3v) is 5.65. The van der Waals surface area contributed by atoms with Crippen molar-refractivity contribution in [3.05, 3.63) is 41.1 Å². The summed E-state index contributed by atoms with van der Waals surface area (Å²) in [5, 5.41) is 6.20. The van der Waals surface area contributed by atoms with E-state index in [-0.39, 0.29) is 22.5 Å². The van der Waals surface area contributed by atoms with Gasteiger partial charge in [-0.15, -0.1) is 0 Å². The first-order valence-corrected chi connectivity index (χ1v) is 10.4. The number of imidazole rings is 1. The van der Waals surface area contributed by atoms with Gasteiger partial charge in [0.15, 0.2) is 11.3 Å². The van der Waals surface area contributed by atoms with Gasteiger partial charge in [0, 0.05) is 43.2 Å². The van der Waals surface area contributed by atoms with E-state index in [1.54, 1.807) is 4.90 Å². The number of likely N-dealkylation sites (tertiary alicyclic amines) is 1. The number of aromatic amines is 1. The van der Waals surface area contributed by atoms with Crippen molar-refractivity contribution < 1.29 is 22.7 Å². The molecule has 7 nitrogen and oxygen atoms in total. The van der Waals surface area contributed by atoms with Gasteiger partial charge >= 0.3 is 6.18 Å². The molecule has 11 heteroatoms. The molecule has 0 saturated carbocycles. The minimum Gasteiger partial charge on any atom is -0.378 e. The van der Waals surface area contributed by atoms with Crippen LogP contribution in [0.15, 0.2) is 24.7 Å². The molecule has 1 fully saturated rings. The SMILES string of the molecule is CCCOC1CCN(C(=O)c2nc3c(C(F)(F)F)cc(-c4cn[nH]c4)cn3c2Cl)CC1. The summed E-state index contributed by atoms with van der Waals surface area (Å²) in [4.78, 5) is 18.6. The van der Waals surface area contributed by atoms with Gasteiger partial charge in [-0.2, -0.15) is 18.3 Å². The van der Waals surface area contributed by atoms with Crippen molar-refractivity contribution in [3.63, 3.8) is 0 Å². The molecule has 4 heterocycles. The number of carbonyl (C=O) groups excluding carboxylic acids is 1. The average molecular weight is 456 g/mol. The number of H-pyrrole nitrogens is 1. The maximum atomic E-state index is 13.8. The highest BCUT2D eigenvalue weighted by Crippen LogP contribution is 2.37. The van der Waals surface area contributed by atoms with Crippen molar-refractivity contribution in [1.82, 2.24) is 24.5 Å². The lowest BCUT2D eigenvalue weighted by Crippen LogP contribution is -2.41. The molecule has 4 rings (SSSR count). The molecular weight excluding hydrogens is 435 g/mol. The predicted molar refractivity (Wildman–Crippen MR) is 108 cm³/mol. The van der Waals surface area contributed by atoms with Crippen LogP contribution in [0.1, 0.15) is 42.2 Å². The average Bonchev–Trinajstić information content (AvgIpc) is 3.39. The summed E-state index contributed by atoms with van der Waals surface area (Å²) in [7, 11) is 0. The molecule has 1 aliphatic rings. The zero-order valence-electron chi connectivity index (χ0n) is 16.7. The maximum Gasteiger partial charge on any atom is 0.420 e. The van der Waals surface area contributed by atoms with Crippen LogP contribution in [0.25, 0.3) is 16.8 Å². The summed E-state index contributed by atoms with van der Waals surface area (Å²) in [6.45, 7) is 3.56. The van der Waals surface area contributed by atoms with E-state index >= 15 is 0 Å². The van der Waals surface area contributed by atoms with E-state index in [4.69, 9.17) is 16.3 Å². The number of amides is 1. The smallest absolute Gasteiger partial charge is 0.378 e. The van der Waals surface area contributed by atoms with Crippen LogP contribution in [-0.2, 0) is 10.9 Å². The van der Waals surface area contributed by atoms with Gasteiger partial charge in [-0.3, -0.25) is 14.3 Å². The Hall–Kier alpha value is -2.59. The Kier molecular flexibility index (Phi) is 5.94. The van der Waals surface area contributed by atoms with Gasteiger partial charge in [0.1, 0.15) is 5.15 Å². The Labute approximate surface area is 181 Å². The molecule has 0 aromatic carbocycles. The highest BCUT2D eigenvalue weighted by Gasteiger charge is 2.37. The van der Waals surface area contributed by atoms with E-state index in [1.807, 2.05) is 6.92 Å². The molecule has 1 N–H and O–H groups in total. The molecule has 1 aliphatic heterocycles. The van der Waals surface area contributed by atoms with Crippen molar-refractivity contribution in [1.29, 1.82) is 0 Å². The van der Waals surface area contributed by atoms with Crippen molar-refractivity contribution in [2.24, 2.45) is 0 Å². The Balaban J connectivity index is 1.68. The Morgan fingerprint density at radius 2 is 2.06 bits per heavy atom. The summed E-state index contributed by atoms with van der Waals surface area (Å²) >= 11 is 6.36.